The van der Waals surface area contributed by atoms with Gasteiger partial charge in [-0.3, -0.25) is 4.79 Å². The average Bonchev–Trinajstić information content (AvgIpc) is 2.88. The number of hydrogen-bond acceptors (Lipinski definition) is 5. The number of carbonyl (C=O) groups is 2. The first-order valence-electron chi connectivity index (χ1n) is 13.3. The molecule has 7 heteroatoms. The Hall–Kier alpha value is -2.90. The van der Waals surface area contributed by atoms with Gasteiger partial charge in [-0.1, -0.05) is 69.2 Å². The van der Waals surface area contributed by atoms with Crippen LogP contribution in [0.5, 0.6) is 5.75 Å². The van der Waals surface area contributed by atoms with Crippen molar-refractivity contribution in [1.82, 2.24) is 15.1 Å². The summed E-state index contributed by atoms with van der Waals surface area (Å²) in [4.78, 5) is 30.2. The fourth-order valence-corrected chi connectivity index (χ4v) is 5.13. The first kappa shape index (κ1) is 28.7. The smallest absolute Gasteiger partial charge is 0.327 e. The Labute approximate surface area is 222 Å². The van der Waals surface area contributed by atoms with Crippen LogP contribution in [0.1, 0.15) is 75.2 Å². The highest BCUT2D eigenvalue weighted by atomic mass is 16.5. The second-order valence-corrected chi connectivity index (χ2v) is 10.2. The summed E-state index contributed by atoms with van der Waals surface area (Å²) in [6.45, 7) is 8.67. The minimum Gasteiger partial charge on any atom is -0.469 e. The molecular weight excluding hydrogens is 466 g/mol. The number of amides is 3. The summed E-state index contributed by atoms with van der Waals surface area (Å²) in [5.41, 5.74) is 2.59. The third-order valence-electron chi connectivity index (χ3n) is 7.65. The first-order chi connectivity index (χ1) is 17.7. The van der Waals surface area contributed by atoms with Crippen molar-refractivity contribution in [2.24, 2.45) is 5.41 Å². The van der Waals surface area contributed by atoms with E-state index in [1.54, 1.807) is 7.11 Å². The number of likely N-dealkylation sites (tertiary alicyclic amines) is 1. The van der Waals surface area contributed by atoms with Gasteiger partial charge in [0.2, 0.25) is 5.91 Å². The number of likely N-dealkylation sites (N-methyl/N-ethyl adjacent to an activating group) is 1. The number of nitrogens with one attached hydrogen (secondary N) is 1. The lowest BCUT2D eigenvalue weighted by Crippen LogP contribution is -2.73. The standard InChI is InChI=1S/C30H43N3O4/c1-8-11-25(22-14-12-21(4)13-15-22)31-29(35)33-27(34)30(9-2,10-3)28(33)37-24-18-16-23(17-19-24)26(20-36-7)32(5)6/h12-19,25-26,28H,8-11,20H2,1-7H3,(H,31,35)/t25-,26-,28+/m1/s1. The van der Waals surface area contributed by atoms with Crippen molar-refractivity contribution in [1.29, 1.82) is 0 Å². The van der Waals surface area contributed by atoms with E-state index in [0.29, 0.717) is 25.2 Å². The van der Waals surface area contributed by atoms with E-state index in [2.05, 4.69) is 17.1 Å². The quantitative estimate of drug-likeness (QED) is 0.364. The molecule has 0 spiro atoms. The summed E-state index contributed by atoms with van der Waals surface area (Å²) < 4.78 is 11.7. The van der Waals surface area contributed by atoms with Crippen LogP contribution < -0.4 is 10.1 Å². The van der Waals surface area contributed by atoms with Gasteiger partial charge in [-0.15, -0.1) is 0 Å². The number of β-lactam (4-membered cyclic amide) rings is 1. The van der Waals surface area contributed by atoms with Crippen LogP contribution >= 0.6 is 0 Å². The molecule has 7 nitrogen and oxygen atoms in total. The lowest BCUT2D eigenvalue weighted by Gasteiger charge is -2.53. The fourth-order valence-electron chi connectivity index (χ4n) is 5.13. The van der Waals surface area contributed by atoms with Crippen LogP contribution in [0.15, 0.2) is 48.5 Å². The second-order valence-electron chi connectivity index (χ2n) is 10.2. The monoisotopic (exact) mass is 509 g/mol. The van der Waals surface area contributed by atoms with Gasteiger partial charge in [0.15, 0.2) is 6.23 Å². The van der Waals surface area contributed by atoms with Gasteiger partial charge >= 0.3 is 6.03 Å². The minimum absolute atomic E-state index is 0.120. The summed E-state index contributed by atoms with van der Waals surface area (Å²) in [6.07, 6.45) is 2.23. The molecule has 0 saturated carbocycles. The van der Waals surface area contributed by atoms with Crippen molar-refractivity contribution < 1.29 is 19.1 Å². The van der Waals surface area contributed by atoms with Gasteiger partial charge in [-0.25, -0.2) is 9.69 Å². The maximum atomic E-state index is 13.5. The number of methoxy groups -OCH3 is 1. The molecule has 2 aromatic rings. The summed E-state index contributed by atoms with van der Waals surface area (Å²) in [5.74, 6) is 0.451. The van der Waals surface area contributed by atoms with Crippen LogP contribution in [0.2, 0.25) is 0 Å². The third kappa shape index (κ3) is 5.99. The second kappa shape index (κ2) is 12.6. The Bertz CT molecular complexity index is 1030. The van der Waals surface area contributed by atoms with Crippen molar-refractivity contribution in [3.63, 3.8) is 0 Å². The van der Waals surface area contributed by atoms with Gasteiger partial charge < -0.3 is 19.7 Å². The van der Waals surface area contributed by atoms with Crippen molar-refractivity contribution in [2.45, 2.75) is 71.7 Å². The zero-order valence-corrected chi connectivity index (χ0v) is 23.4. The number of nitrogens with zero attached hydrogens (tertiary/aromatic N) is 2. The Morgan fingerprint density at radius 2 is 1.62 bits per heavy atom. The number of urea groups is 1. The van der Waals surface area contributed by atoms with Crippen LogP contribution in [-0.4, -0.2) is 55.8 Å². The molecule has 1 aliphatic rings. The Kier molecular flexibility index (Phi) is 9.74. The van der Waals surface area contributed by atoms with Gasteiger partial charge in [0.1, 0.15) is 11.2 Å². The lowest BCUT2D eigenvalue weighted by molar-refractivity contribution is -0.191. The van der Waals surface area contributed by atoms with Crippen molar-refractivity contribution in [2.75, 3.05) is 27.8 Å². The lowest BCUT2D eigenvalue weighted by atomic mass is 9.72. The normalized spacial score (nSPS) is 18.3. The van der Waals surface area contributed by atoms with Gasteiger partial charge in [0, 0.05) is 7.11 Å². The Balaban J connectivity index is 1.82. The molecule has 3 amide bonds. The van der Waals surface area contributed by atoms with Crippen LogP contribution in [0.3, 0.4) is 0 Å². The molecule has 37 heavy (non-hydrogen) atoms. The zero-order chi connectivity index (χ0) is 27.2. The van der Waals surface area contributed by atoms with E-state index in [1.807, 2.05) is 83.4 Å². The summed E-state index contributed by atoms with van der Waals surface area (Å²) in [6, 6.07) is 15.5. The van der Waals surface area contributed by atoms with Gasteiger partial charge in [-0.05, 0) is 63.5 Å². The summed E-state index contributed by atoms with van der Waals surface area (Å²) >= 11 is 0. The molecule has 1 heterocycles. The number of benzene rings is 2. The first-order valence-corrected chi connectivity index (χ1v) is 13.3. The van der Waals surface area contributed by atoms with E-state index in [0.717, 1.165) is 29.5 Å². The van der Waals surface area contributed by atoms with E-state index < -0.39 is 17.7 Å². The van der Waals surface area contributed by atoms with Crippen LogP contribution in [-0.2, 0) is 9.53 Å². The number of ether oxygens (including phenoxy) is 2. The Morgan fingerprint density at radius 1 is 1.03 bits per heavy atom. The minimum atomic E-state index is -0.720. The molecule has 0 radical (unpaired) electrons. The molecule has 1 aliphatic heterocycles. The number of imide groups is 1. The van der Waals surface area contributed by atoms with Gasteiger partial charge in [0.25, 0.3) is 0 Å². The number of rotatable bonds is 12. The van der Waals surface area contributed by atoms with Crippen LogP contribution in [0.25, 0.3) is 0 Å². The zero-order valence-electron chi connectivity index (χ0n) is 23.4. The van der Waals surface area contributed by atoms with Gasteiger partial charge in [0.05, 0.1) is 18.7 Å². The molecule has 0 aromatic heterocycles. The predicted octanol–water partition coefficient (Wildman–Crippen LogP) is 5.85. The maximum absolute atomic E-state index is 13.5. The molecule has 3 atom stereocenters. The van der Waals surface area contributed by atoms with Crippen molar-refractivity contribution in [3.8, 4) is 5.75 Å². The van der Waals surface area contributed by atoms with Gasteiger partial charge in [-0.2, -0.15) is 0 Å². The Morgan fingerprint density at radius 3 is 2.14 bits per heavy atom. The molecule has 2 aromatic carbocycles. The molecule has 1 fully saturated rings. The number of aryl methyl sites for hydroxylation is 1. The average molecular weight is 510 g/mol. The largest absolute Gasteiger partial charge is 0.469 e. The highest BCUT2D eigenvalue weighted by molar-refractivity contribution is 6.03. The maximum Gasteiger partial charge on any atom is 0.327 e. The molecule has 0 unspecified atom stereocenters. The molecule has 3 rings (SSSR count). The third-order valence-corrected chi connectivity index (χ3v) is 7.65. The highest BCUT2D eigenvalue weighted by Gasteiger charge is 2.63. The fraction of sp³-hybridized carbons (Fsp3) is 0.533. The molecule has 0 bridgehead atoms. The van der Waals surface area contributed by atoms with E-state index >= 15 is 0 Å². The molecule has 1 N–H and O–H groups in total. The van der Waals surface area contributed by atoms with E-state index in [4.69, 9.17) is 9.47 Å². The molecule has 1 saturated heterocycles. The van der Waals surface area contributed by atoms with E-state index in [9.17, 15) is 9.59 Å². The SMILES string of the molecule is CCC[C@@H](NC(=O)N1C(=O)C(CC)(CC)[C@@H]1Oc1ccc([C@@H](COC)N(C)C)cc1)c1ccc(C)cc1. The van der Waals surface area contributed by atoms with E-state index in [-0.39, 0.29) is 18.0 Å². The summed E-state index contributed by atoms with van der Waals surface area (Å²) in [5, 5.41) is 3.11. The highest BCUT2D eigenvalue weighted by Crippen LogP contribution is 2.46. The predicted molar refractivity (Wildman–Crippen MR) is 146 cm³/mol. The number of carbonyl (C=O) groups excluding carboxylic acids is 2. The topological polar surface area (TPSA) is 71.1 Å². The molecule has 202 valence electrons. The summed E-state index contributed by atoms with van der Waals surface area (Å²) in [7, 11) is 5.73. The molecule has 0 aliphatic carbocycles. The molecular formula is C30H43N3O4. The number of hydrogen-bond donors (Lipinski definition) is 1. The van der Waals surface area contributed by atoms with Crippen LogP contribution in [0.4, 0.5) is 4.79 Å². The van der Waals surface area contributed by atoms with Crippen molar-refractivity contribution in [3.05, 3.63) is 65.2 Å². The van der Waals surface area contributed by atoms with Crippen LogP contribution in [0, 0.1) is 12.3 Å². The van der Waals surface area contributed by atoms with Crippen molar-refractivity contribution >= 4 is 11.9 Å². The van der Waals surface area contributed by atoms with E-state index in [1.165, 1.54) is 4.90 Å².